The maximum atomic E-state index is 12.3. The minimum absolute atomic E-state index is 0.0618. The quantitative estimate of drug-likeness (QED) is 0.809. The summed E-state index contributed by atoms with van der Waals surface area (Å²) in [5.41, 5.74) is 0. The monoisotopic (exact) mass is 295 g/mol. The fourth-order valence-electron chi connectivity index (χ4n) is 2.22. The summed E-state index contributed by atoms with van der Waals surface area (Å²) in [6.45, 7) is 3.21. The Morgan fingerprint density at radius 2 is 2.10 bits per heavy atom. The predicted octanol–water partition coefficient (Wildman–Crippen LogP) is 2.43. The lowest BCUT2D eigenvalue weighted by molar-refractivity contribution is -0.156. The van der Waals surface area contributed by atoms with Gasteiger partial charge in [-0.05, 0) is 18.8 Å². The van der Waals surface area contributed by atoms with Crippen molar-refractivity contribution < 1.29 is 32.6 Å². The highest BCUT2D eigenvalue weighted by atomic mass is 19.4. The summed E-state index contributed by atoms with van der Waals surface area (Å²) in [7, 11) is 0. The molecule has 1 heterocycles. The minimum Gasteiger partial charge on any atom is -0.480 e. The molecule has 1 N–H and O–H groups in total. The Morgan fingerprint density at radius 1 is 1.45 bits per heavy atom. The molecule has 0 aliphatic carbocycles. The molecule has 1 rings (SSSR count). The van der Waals surface area contributed by atoms with E-state index < -0.39 is 36.6 Å². The molecular formula is C12H16F3NO4. The molecular weight excluding hydrogens is 279 g/mol. The third kappa shape index (κ3) is 4.75. The molecule has 20 heavy (non-hydrogen) atoms. The zero-order valence-electron chi connectivity index (χ0n) is 10.7. The van der Waals surface area contributed by atoms with Crippen molar-refractivity contribution in [2.24, 2.45) is 5.92 Å². The normalized spacial score (nSPS) is 23.2. The van der Waals surface area contributed by atoms with Gasteiger partial charge in [0, 0.05) is 13.0 Å². The van der Waals surface area contributed by atoms with Crippen molar-refractivity contribution in [1.82, 2.24) is 4.90 Å². The van der Waals surface area contributed by atoms with Gasteiger partial charge >= 0.3 is 18.2 Å². The Labute approximate surface area is 114 Å². The topological polar surface area (TPSA) is 66.8 Å². The summed E-state index contributed by atoms with van der Waals surface area (Å²) in [6, 6.07) is -1.28. The molecule has 1 aliphatic rings. The van der Waals surface area contributed by atoms with Crippen LogP contribution in [0.4, 0.5) is 18.0 Å². The average molecular weight is 295 g/mol. The summed E-state index contributed by atoms with van der Waals surface area (Å²) in [4.78, 5) is 23.7. The molecule has 1 fully saturated rings. The van der Waals surface area contributed by atoms with Gasteiger partial charge in [-0.15, -0.1) is 0 Å². The first-order valence-electron chi connectivity index (χ1n) is 6.08. The van der Waals surface area contributed by atoms with E-state index in [1.165, 1.54) is 6.08 Å². The maximum absolute atomic E-state index is 12.3. The second-order valence-electron chi connectivity index (χ2n) is 4.62. The number of carboxylic acids is 1. The van der Waals surface area contributed by atoms with Crippen molar-refractivity contribution in [2.75, 3.05) is 13.2 Å². The highest BCUT2D eigenvalue weighted by molar-refractivity contribution is 5.80. The molecule has 5 nitrogen and oxygen atoms in total. The number of aliphatic carboxylic acids is 1. The highest BCUT2D eigenvalue weighted by Gasteiger charge is 2.41. The Kier molecular flexibility index (Phi) is 5.41. The van der Waals surface area contributed by atoms with Crippen LogP contribution < -0.4 is 0 Å². The van der Waals surface area contributed by atoms with E-state index in [-0.39, 0.29) is 26.0 Å². The van der Waals surface area contributed by atoms with Crippen LogP contribution in [-0.4, -0.2) is 47.4 Å². The van der Waals surface area contributed by atoms with Crippen molar-refractivity contribution >= 4 is 12.1 Å². The molecule has 2 unspecified atom stereocenters. The number of rotatable bonds is 4. The number of carboxylic acid groups (broad SMARTS) is 1. The minimum atomic E-state index is -4.33. The largest absolute Gasteiger partial charge is 0.480 e. The number of likely N-dealkylation sites (tertiary alicyclic amines) is 1. The van der Waals surface area contributed by atoms with Crippen molar-refractivity contribution in [2.45, 2.75) is 31.5 Å². The zero-order chi connectivity index (χ0) is 15.3. The fraction of sp³-hybridized carbons (Fsp3) is 0.667. The van der Waals surface area contributed by atoms with Gasteiger partial charge in [0.25, 0.3) is 0 Å². The number of nitrogens with zero attached hydrogens (tertiary/aromatic N) is 1. The first-order chi connectivity index (χ1) is 9.24. The van der Waals surface area contributed by atoms with E-state index in [1.54, 1.807) is 0 Å². The molecule has 0 aromatic heterocycles. The van der Waals surface area contributed by atoms with E-state index in [1.807, 2.05) is 0 Å². The zero-order valence-corrected chi connectivity index (χ0v) is 10.7. The molecule has 0 spiro atoms. The van der Waals surface area contributed by atoms with Crippen LogP contribution in [0.25, 0.3) is 0 Å². The lowest BCUT2D eigenvalue weighted by atomic mass is 9.88. The first-order valence-corrected chi connectivity index (χ1v) is 6.08. The highest BCUT2D eigenvalue weighted by Crippen LogP contribution is 2.33. The first kappa shape index (κ1) is 16.3. The van der Waals surface area contributed by atoms with Gasteiger partial charge in [-0.3, -0.25) is 4.90 Å². The lowest BCUT2D eigenvalue weighted by Crippen LogP contribution is -2.50. The van der Waals surface area contributed by atoms with Crippen molar-refractivity contribution in [3.63, 3.8) is 0 Å². The van der Waals surface area contributed by atoms with Crippen LogP contribution in [0.5, 0.6) is 0 Å². The number of halogens is 3. The van der Waals surface area contributed by atoms with Gasteiger partial charge in [0.2, 0.25) is 0 Å². The lowest BCUT2D eigenvalue weighted by Gasteiger charge is -2.36. The van der Waals surface area contributed by atoms with Crippen LogP contribution in [0.3, 0.4) is 0 Å². The fourth-order valence-corrected chi connectivity index (χ4v) is 2.22. The van der Waals surface area contributed by atoms with E-state index in [2.05, 4.69) is 6.58 Å². The van der Waals surface area contributed by atoms with Gasteiger partial charge in [0.15, 0.2) is 0 Å². The van der Waals surface area contributed by atoms with Gasteiger partial charge in [0.1, 0.15) is 12.6 Å². The van der Waals surface area contributed by atoms with E-state index in [0.717, 1.165) is 4.90 Å². The summed E-state index contributed by atoms with van der Waals surface area (Å²) < 4.78 is 41.7. The van der Waals surface area contributed by atoms with Crippen LogP contribution in [-0.2, 0) is 9.53 Å². The average Bonchev–Trinajstić information content (AvgIpc) is 2.33. The van der Waals surface area contributed by atoms with E-state index in [0.29, 0.717) is 0 Å². The number of hydrogen-bond donors (Lipinski definition) is 1. The second-order valence-corrected chi connectivity index (χ2v) is 4.62. The van der Waals surface area contributed by atoms with E-state index >= 15 is 0 Å². The SMILES string of the molecule is C=CCOC(=O)N1CCC(CC(F)(F)F)CC1C(=O)O. The van der Waals surface area contributed by atoms with Gasteiger partial charge in [0.05, 0.1) is 0 Å². The molecule has 0 bridgehead atoms. The summed E-state index contributed by atoms with van der Waals surface area (Å²) >= 11 is 0. The van der Waals surface area contributed by atoms with E-state index in [4.69, 9.17) is 9.84 Å². The van der Waals surface area contributed by atoms with Crippen molar-refractivity contribution in [3.05, 3.63) is 12.7 Å². The van der Waals surface area contributed by atoms with E-state index in [9.17, 15) is 22.8 Å². The summed E-state index contributed by atoms with van der Waals surface area (Å²) in [6.07, 6.45) is -5.01. The number of ether oxygens (including phenoxy) is 1. The molecule has 1 amide bonds. The van der Waals surface area contributed by atoms with Crippen molar-refractivity contribution in [1.29, 1.82) is 0 Å². The number of alkyl halides is 3. The summed E-state index contributed by atoms with van der Waals surface area (Å²) in [5.74, 6) is -2.12. The molecule has 1 saturated heterocycles. The number of carbonyl (C=O) groups is 2. The Balaban J connectivity index is 2.69. The Bertz CT molecular complexity index is 383. The molecule has 2 atom stereocenters. The van der Waals surface area contributed by atoms with Crippen LogP contribution >= 0.6 is 0 Å². The molecule has 114 valence electrons. The Morgan fingerprint density at radius 3 is 2.60 bits per heavy atom. The number of hydrogen-bond acceptors (Lipinski definition) is 3. The van der Waals surface area contributed by atoms with Crippen LogP contribution in [0.2, 0.25) is 0 Å². The number of amides is 1. The second kappa shape index (κ2) is 6.62. The molecule has 0 aromatic carbocycles. The van der Waals surface area contributed by atoms with Gasteiger partial charge in [-0.25, -0.2) is 9.59 Å². The van der Waals surface area contributed by atoms with Gasteiger partial charge < -0.3 is 9.84 Å². The van der Waals surface area contributed by atoms with Crippen LogP contribution in [0, 0.1) is 5.92 Å². The summed E-state index contributed by atoms with van der Waals surface area (Å²) in [5, 5.41) is 9.05. The molecule has 8 heteroatoms. The van der Waals surface area contributed by atoms with Gasteiger partial charge in [-0.1, -0.05) is 12.7 Å². The third-order valence-electron chi connectivity index (χ3n) is 3.08. The molecule has 0 saturated carbocycles. The molecule has 1 aliphatic heterocycles. The standard InChI is InChI=1S/C12H16F3NO4/c1-2-5-20-11(19)16-4-3-8(7-12(13,14)15)6-9(16)10(17)18/h2,8-9H,1,3-7H2,(H,17,18). The smallest absolute Gasteiger partial charge is 0.410 e. The van der Waals surface area contributed by atoms with Gasteiger partial charge in [-0.2, -0.15) is 13.2 Å². The van der Waals surface area contributed by atoms with Crippen LogP contribution in [0.1, 0.15) is 19.3 Å². The molecule has 0 radical (unpaired) electrons. The van der Waals surface area contributed by atoms with Crippen LogP contribution in [0.15, 0.2) is 12.7 Å². The molecule has 0 aromatic rings. The van der Waals surface area contributed by atoms with Crippen molar-refractivity contribution in [3.8, 4) is 0 Å². The predicted molar refractivity (Wildman–Crippen MR) is 63.1 cm³/mol. The number of piperidine rings is 1. The Hall–Kier alpha value is -1.73. The number of carbonyl (C=O) groups excluding carboxylic acids is 1. The maximum Gasteiger partial charge on any atom is 0.410 e. The third-order valence-corrected chi connectivity index (χ3v) is 3.08.